The van der Waals surface area contributed by atoms with Crippen molar-refractivity contribution >= 4 is 28.5 Å². The molecule has 3 nitrogen and oxygen atoms in total. The van der Waals surface area contributed by atoms with Gasteiger partial charge in [0.1, 0.15) is 0 Å². The van der Waals surface area contributed by atoms with Crippen molar-refractivity contribution in [2.75, 3.05) is 25.3 Å². The number of alkyl halides is 1. The summed E-state index contributed by atoms with van der Waals surface area (Å²) in [7, 11) is 3.38. The Bertz CT molecular complexity index is 108. The van der Waals surface area contributed by atoms with Crippen LogP contribution >= 0.6 is 22.6 Å². The van der Waals surface area contributed by atoms with Crippen LogP contribution in [-0.2, 0) is 9.53 Å². The number of carbonyl (C=O) groups excluding carboxylic acids is 1. The van der Waals surface area contributed by atoms with Crippen LogP contribution < -0.4 is 0 Å². The van der Waals surface area contributed by atoms with Gasteiger partial charge < -0.3 is 9.64 Å². The number of carbonyl (C=O) groups is 1. The van der Waals surface area contributed by atoms with E-state index < -0.39 is 0 Å². The Morgan fingerprint density at radius 3 is 2.70 bits per heavy atom. The third kappa shape index (κ3) is 4.05. The maximum Gasteiger partial charge on any atom is 0.225 e. The maximum absolute atomic E-state index is 11.0. The Morgan fingerprint density at radius 2 is 2.30 bits per heavy atom. The summed E-state index contributed by atoms with van der Waals surface area (Å²) in [5.74, 6) is 0.135. The van der Waals surface area contributed by atoms with Crippen molar-refractivity contribution in [1.82, 2.24) is 4.90 Å². The van der Waals surface area contributed by atoms with Crippen LogP contribution in [0.25, 0.3) is 0 Å². The van der Waals surface area contributed by atoms with Crippen molar-refractivity contribution < 1.29 is 9.53 Å². The fourth-order valence-electron chi connectivity index (χ4n) is 0.447. The number of halogens is 1. The smallest absolute Gasteiger partial charge is 0.225 e. The molecule has 0 heterocycles. The minimum Gasteiger partial charge on any atom is -0.384 e. The van der Waals surface area contributed by atoms with Crippen molar-refractivity contribution in [3.05, 3.63) is 0 Å². The van der Waals surface area contributed by atoms with Crippen LogP contribution in [0.2, 0.25) is 0 Å². The number of amides is 1. The van der Waals surface area contributed by atoms with Crippen LogP contribution in [0.4, 0.5) is 0 Å². The van der Waals surface area contributed by atoms with E-state index in [4.69, 9.17) is 4.74 Å². The van der Waals surface area contributed by atoms with Crippen molar-refractivity contribution in [1.29, 1.82) is 0 Å². The normalized spacial score (nSPS) is 9.50. The molecule has 0 rings (SSSR count). The summed E-state index contributed by atoms with van der Waals surface area (Å²) in [6, 6.07) is 0. The molecule has 0 aliphatic heterocycles. The summed E-state index contributed by atoms with van der Waals surface area (Å²) in [5.41, 5.74) is 0. The van der Waals surface area contributed by atoms with Gasteiger partial charge in [-0.1, -0.05) is 22.6 Å². The van der Waals surface area contributed by atoms with Gasteiger partial charge in [-0.25, -0.2) is 0 Å². The molecule has 0 aromatic rings. The summed E-state index contributed by atoms with van der Waals surface area (Å²) >= 11 is 2.14. The molecular formula is C6H12INO2. The average Bonchev–Trinajstić information content (AvgIpc) is 1.98. The van der Waals surface area contributed by atoms with E-state index in [1.54, 1.807) is 19.1 Å². The molecule has 0 unspecified atom stereocenters. The van der Waals surface area contributed by atoms with E-state index in [9.17, 15) is 4.79 Å². The Hall–Kier alpha value is 0.160. The second kappa shape index (κ2) is 5.91. The standard InChI is InChI=1S/C6H12INO2/c1-8(5-7)6(9)3-4-10-2/h3-5H2,1-2H3. The molecule has 0 fully saturated rings. The third-order valence-electron chi connectivity index (χ3n) is 1.13. The van der Waals surface area contributed by atoms with E-state index in [-0.39, 0.29) is 5.91 Å². The first-order valence-electron chi connectivity index (χ1n) is 3.01. The molecular weight excluding hydrogens is 245 g/mol. The third-order valence-corrected chi connectivity index (χ3v) is 2.15. The van der Waals surface area contributed by atoms with Crippen LogP contribution in [0.3, 0.4) is 0 Å². The van der Waals surface area contributed by atoms with Crippen molar-refractivity contribution in [2.45, 2.75) is 6.42 Å². The van der Waals surface area contributed by atoms with Crippen LogP contribution in [-0.4, -0.2) is 36.1 Å². The lowest BCUT2D eigenvalue weighted by molar-refractivity contribution is -0.129. The quantitative estimate of drug-likeness (QED) is 0.425. The predicted molar refractivity (Wildman–Crippen MR) is 48.2 cm³/mol. The Balaban J connectivity index is 3.42. The fraction of sp³-hybridized carbons (Fsp3) is 0.833. The first-order chi connectivity index (χ1) is 4.72. The number of hydrogen-bond acceptors (Lipinski definition) is 2. The molecule has 0 saturated carbocycles. The van der Waals surface area contributed by atoms with E-state index in [2.05, 4.69) is 22.6 Å². The number of nitrogens with zero attached hydrogens (tertiary/aromatic N) is 1. The molecule has 0 spiro atoms. The zero-order valence-corrected chi connectivity index (χ0v) is 8.42. The van der Waals surface area contributed by atoms with Gasteiger partial charge in [-0.15, -0.1) is 0 Å². The number of rotatable bonds is 4. The largest absolute Gasteiger partial charge is 0.384 e. The molecule has 0 aromatic carbocycles. The van der Waals surface area contributed by atoms with E-state index >= 15 is 0 Å². The van der Waals surface area contributed by atoms with Gasteiger partial charge in [0.15, 0.2) is 0 Å². The number of methoxy groups -OCH3 is 1. The summed E-state index contributed by atoms with van der Waals surface area (Å²) in [6.45, 7) is 0.514. The molecule has 0 aliphatic carbocycles. The summed E-state index contributed by atoms with van der Waals surface area (Å²) in [5, 5.41) is 0. The monoisotopic (exact) mass is 257 g/mol. The lowest BCUT2D eigenvalue weighted by Gasteiger charge is -2.12. The second-order valence-corrected chi connectivity index (χ2v) is 2.64. The van der Waals surface area contributed by atoms with E-state index in [1.807, 2.05) is 0 Å². The van der Waals surface area contributed by atoms with Crippen LogP contribution in [0.5, 0.6) is 0 Å². The molecule has 1 amide bonds. The minimum atomic E-state index is 0.135. The zero-order valence-electron chi connectivity index (χ0n) is 6.26. The van der Waals surface area contributed by atoms with Crippen LogP contribution in [0.15, 0.2) is 0 Å². The molecule has 0 bridgehead atoms. The SMILES string of the molecule is COCCC(=O)N(C)CI. The lowest BCUT2D eigenvalue weighted by Crippen LogP contribution is -2.25. The van der Waals surface area contributed by atoms with Gasteiger partial charge in [-0.05, 0) is 0 Å². The molecule has 0 atom stereocenters. The van der Waals surface area contributed by atoms with E-state index in [0.717, 1.165) is 4.55 Å². The van der Waals surface area contributed by atoms with Gasteiger partial charge in [-0.2, -0.15) is 0 Å². The molecule has 0 radical (unpaired) electrons. The number of hydrogen-bond donors (Lipinski definition) is 0. The van der Waals surface area contributed by atoms with Gasteiger partial charge in [0, 0.05) is 14.2 Å². The molecule has 4 heteroatoms. The highest BCUT2D eigenvalue weighted by Gasteiger charge is 2.04. The molecule has 0 aliphatic rings. The lowest BCUT2D eigenvalue weighted by atomic mass is 10.4. The first kappa shape index (κ1) is 10.2. The Kier molecular flexibility index (Phi) is 6.00. The van der Waals surface area contributed by atoms with Crippen molar-refractivity contribution in [3.8, 4) is 0 Å². The predicted octanol–water partition coefficient (Wildman–Crippen LogP) is 0.874. The maximum atomic E-state index is 11.0. The highest BCUT2D eigenvalue weighted by molar-refractivity contribution is 14.1. The average molecular weight is 257 g/mol. The molecule has 0 aromatic heterocycles. The van der Waals surface area contributed by atoms with Gasteiger partial charge >= 0.3 is 0 Å². The van der Waals surface area contributed by atoms with Crippen LogP contribution in [0, 0.1) is 0 Å². The van der Waals surface area contributed by atoms with Gasteiger partial charge in [0.25, 0.3) is 0 Å². The van der Waals surface area contributed by atoms with Crippen LogP contribution in [0.1, 0.15) is 6.42 Å². The van der Waals surface area contributed by atoms with Crippen molar-refractivity contribution in [3.63, 3.8) is 0 Å². The topological polar surface area (TPSA) is 29.5 Å². The van der Waals surface area contributed by atoms with Crippen molar-refractivity contribution in [2.24, 2.45) is 0 Å². The fourth-order valence-corrected chi connectivity index (χ4v) is 0.827. The first-order valence-corrected chi connectivity index (χ1v) is 4.53. The highest BCUT2D eigenvalue weighted by atomic mass is 127. The molecule has 10 heavy (non-hydrogen) atoms. The Labute approximate surface area is 74.9 Å². The van der Waals surface area contributed by atoms with Gasteiger partial charge in [0.05, 0.1) is 17.6 Å². The number of ether oxygens (including phenoxy) is 1. The van der Waals surface area contributed by atoms with Gasteiger partial charge in [-0.3, -0.25) is 4.79 Å². The highest BCUT2D eigenvalue weighted by Crippen LogP contribution is 1.94. The zero-order chi connectivity index (χ0) is 7.98. The molecule has 60 valence electrons. The molecule has 0 saturated heterocycles. The minimum absolute atomic E-state index is 0.135. The molecule has 0 N–H and O–H groups in total. The van der Waals surface area contributed by atoms with Gasteiger partial charge in [0.2, 0.25) is 5.91 Å². The summed E-state index contributed by atoms with van der Waals surface area (Å²) in [4.78, 5) is 12.6. The summed E-state index contributed by atoms with van der Waals surface area (Å²) < 4.78 is 5.49. The summed E-state index contributed by atoms with van der Waals surface area (Å²) in [6.07, 6.45) is 0.482. The second-order valence-electron chi connectivity index (χ2n) is 1.95. The van der Waals surface area contributed by atoms with E-state index in [1.165, 1.54) is 0 Å². The Morgan fingerprint density at radius 1 is 1.70 bits per heavy atom. The van der Waals surface area contributed by atoms with E-state index in [0.29, 0.717) is 13.0 Å².